The van der Waals surface area contributed by atoms with Gasteiger partial charge in [0.15, 0.2) is 12.4 Å². The van der Waals surface area contributed by atoms with E-state index in [4.69, 9.17) is 39.5 Å². The molecule has 0 aliphatic carbocycles. The molecule has 0 saturated carbocycles. The van der Waals surface area contributed by atoms with E-state index in [1.165, 1.54) is 5.56 Å². The fourth-order valence-corrected chi connectivity index (χ4v) is 3.02. The summed E-state index contributed by atoms with van der Waals surface area (Å²) in [5.74, 6) is -0.0224. The predicted molar refractivity (Wildman–Crippen MR) is 101 cm³/mol. The van der Waals surface area contributed by atoms with Gasteiger partial charge in [0.25, 0.3) is 5.91 Å². The third kappa shape index (κ3) is 4.15. The van der Waals surface area contributed by atoms with Crippen molar-refractivity contribution < 1.29 is 9.53 Å². The third-order valence-electron chi connectivity index (χ3n) is 3.71. The topological polar surface area (TPSA) is 38.3 Å². The highest BCUT2D eigenvalue weighted by Crippen LogP contribution is 2.42. The zero-order valence-electron chi connectivity index (χ0n) is 13.7. The lowest BCUT2D eigenvalue weighted by molar-refractivity contribution is -0.118. The Morgan fingerprint density at radius 3 is 2.04 bits per heavy atom. The second kappa shape index (κ2) is 8.11. The number of rotatable bonds is 5. The fraction of sp³-hybridized carbons (Fsp3) is 0.278. The average molecular weight is 387 g/mol. The van der Waals surface area contributed by atoms with Crippen LogP contribution in [0, 0.1) is 13.8 Å². The maximum absolute atomic E-state index is 12.1. The number of amides is 1. The highest BCUT2D eigenvalue weighted by atomic mass is 35.5. The number of halogens is 3. The largest absolute Gasteiger partial charge is 0.481 e. The highest BCUT2D eigenvalue weighted by molar-refractivity contribution is 6.42. The number of carbonyl (C=O) groups excluding carboxylic acids is 1. The van der Waals surface area contributed by atoms with Gasteiger partial charge in [-0.3, -0.25) is 4.79 Å². The molecule has 3 nitrogen and oxygen atoms in total. The van der Waals surface area contributed by atoms with Crippen molar-refractivity contribution in [3.63, 3.8) is 0 Å². The first kappa shape index (κ1) is 18.9. The van der Waals surface area contributed by atoms with E-state index in [-0.39, 0.29) is 18.3 Å². The minimum atomic E-state index is -0.295. The zero-order valence-corrected chi connectivity index (χ0v) is 15.9. The molecule has 0 radical (unpaired) electrons. The molecule has 0 aliphatic heterocycles. The van der Waals surface area contributed by atoms with Crippen LogP contribution in [0.25, 0.3) is 0 Å². The van der Waals surface area contributed by atoms with Crippen LogP contribution in [-0.4, -0.2) is 12.5 Å². The van der Waals surface area contributed by atoms with E-state index in [0.717, 1.165) is 6.42 Å². The second-order valence-corrected chi connectivity index (χ2v) is 6.54. The van der Waals surface area contributed by atoms with Gasteiger partial charge < -0.3 is 10.1 Å². The van der Waals surface area contributed by atoms with Gasteiger partial charge in [0.05, 0.1) is 10.0 Å². The van der Waals surface area contributed by atoms with Crippen LogP contribution in [0.5, 0.6) is 5.75 Å². The minimum absolute atomic E-state index is 0.199. The van der Waals surface area contributed by atoms with Crippen molar-refractivity contribution in [2.75, 3.05) is 11.9 Å². The smallest absolute Gasteiger partial charge is 0.262 e. The minimum Gasteiger partial charge on any atom is -0.481 e. The molecule has 1 N–H and O–H groups in total. The standard InChI is InChI=1S/C18H18Cl3NO2/c1-4-12-5-7-13(8-6-12)22-14(23)9-24-18-16(20)10(2)15(19)11(3)17(18)21/h5-8H,4,9H2,1-3H3,(H,22,23). The molecule has 2 aromatic rings. The highest BCUT2D eigenvalue weighted by Gasteiger charge is 2.18. The molecule has 2 rings (SSSR count). The van der Waals surface area contributed by atoms with Gasteiger partial charge >= 0.3 is 0 Å². The van der Waals surface area contributed by atoms with E-state index in [0.29, 0.717) is 31.9 Å². The normalized spacial score (nSPS) is 10.6. The average Bonchev–Trinajstić information content (AvgIpc) is 2.59. The number of carbonyl (C=O) groups is 1. The number of benzene rings is 2. The van der Waals surface area contributed by atoms with Crippen LogP contribution in [0.15, 0.2) is 24.3 Å². The maximum Gasteiger partial charge on any atom is 0.262 e. The molecule has 1 amide bonds. The Labute approximate surface area is 156 Å². The van der Waals surface area contributed by atoms with E-state index < -0.39 is 0 Å². The van der Waals surface area contributed by atoms with Crippen molar-refractivity contribution in [3.05, 3.63) is 56.0 Å². The first-order valence-corrected chi connectivity index (χ1v) is 8.63. The summed E-state index contributed by atoms with van der Waals surface area (Å²) < 4.78 is 5.53. The summed E-state index contributed by atoms with van der Waals surface area (Å²) in [4.78, 5) is 12.1. The summed E-state index contributed by atoms with van der Waals surface area (Å²) in [6.07, 6.45) is 0.948. The van der Waals surface area contributed by atoms with Crippen molar-refractivity contribution in [3.8, 4) is 5.75 Å². The molecule has 2 aromatic carbocycles. The van der Waals surface area contributed by atoms with Gasteiger partial charge in [0, 0.05) is 10.7 Å². The summed E-state index contributed by atoms with van der Waals surface area (Å²) in [5.41, 5.74) is 3.26. The molecule has 6 heteroatoms. The van der Waals surface area contributed by atoms with Crippen molar-refractivity contribution >= 4 is 46.4 Å². The fourth-order valence-electron chi connectivity index (χ4n) is 2.20. The maximum atomic E-state index is 12.1. The van der Waals surface area contributed by atoms with Gasteiger partial charge in [-0.1, -0.05) is 53.9 Å². The first-order chi connectivity index (χ1) is 11.3. The van der Waals surface area contributed by atoms with E-state index in [1.54, 1.807) is 13.8 Å². The summed E-state index contributed by atoms with van der Waals surface area (Å²) in [7, 11) is 0. The van der Waals surface area contributed by atoms with Crippen LogP contribution in [0.3, 0.4) is 0 Å². The summed E-state index contributed by atoms with van der Waals surface area (Å²) in [6, 6.07) is 7.65. The molecular formula is C18H18Cl3NO2. The van der Waals surface area contributed by atoms with Crippen molar-refractivity contribution in [2.45, 2.75) is 27.2 Å². The van der Waals surface area contributed by atoms with E-state index >= 15 is 0 Å². The first-order valence-electron chi connectivity index (χ1n) is 7.50. The number of ether oxygens (including phenoxy) is 1. The molecule has 0 bridgehead atoms. The number of anilines is 1. The van der Waals surface area contributed by atoms with Crippen LogP contribution in [-0.2, 0) is 11.2 Å². The summed E-state index contributed by atoms with van der Waals surface area (Å²) in [6.45, 7) is 5.42. The SMILES string of the molecule is CCc1ccc(NC(=O)COc2c(Cl)c(C)c(Cl)c(C)c2Cl)cc1. The van der Waals surface area contributed by atoms with Crippen molar-refractivity contribution in [1.82, 2.24) is 0 Å². The van der Waals surface area contributed by atoms with Crippen LogP contribution in [0.2, 0.25) is 15.1 Å². The monoisotopic (exact) mass is 385 g/mol. The van der Waals surface area contributed by atoms with Crippen LogP contribution >= 0.6 is 34.8 Å². The lowest BCUT2D eigenvalue weighted by Crippen LogP contribution is -2.20. The molecule has 0 fully saturated rings. The van der Waals surface area contributed by atoms with Gasteiger partial charge in [-0.25, -0.2) is 0 Å². The van der Waals surface area contributed by atoms with Gasteiger partial charge in [-0.2, -0.15) is 0 Å². The molecule has 24 heavy (non-hydrogen) atoms. The number of aryl methyl sites for hydroxylation is 1. The van der Waals surface area contributed by atoms with Gasteiger partial charge in [0.2, 0.25) is 0 Å². The Kier molecular flexibility index (Phi) is 6.39. The van der Waals surface area contributed by atoms with Crippen LogP contribution in [0.4, 0.5) is 5.69 Å². The van der Waals surface area contributed by atoms with Gasteiger partial charge in [0.1, 0.15) is 0 Å². The molecular weight excluding hydrogens is 369 g/mol. The van der Waals surface area contributed by atoms with Crippen LogP contribution < -0.4 is 10.1 Å². The summed E-state index contributed by atoms with van der Waals surface area (Å²) in [5, 5.41) is 3.90. The lowest BCUT2D eigenvalue weighted by Gasteiger charge is -2.15. The number of hydrogen-bond acceptors (Lipinski definition) is 2. The Morgan fingerprint density at radius 1 is 1.00 bits per heavy atom. The van der Waals surface area contributed by atoms with Gasteiger partial charge in [-0.05, 0) is 49.1 Å². The molecule has 0 atom stereocenters. The van der Waals surface area contributed by atoms with Gasteiger partial charge in [-0.15, -0.1) is 0 Å². The van der Waals surface area contributed by atoms with E-state index in [1.807, 2.05) is 24.3 Å². The Hall–Kier alpha value is -1.42. The second-order valence-electron chi connectivity index (χ2n) is 5.41. The molecule has 0 unspecified atom stereocenters. The summed E-state index contributed by atoms with van der Waals surface area (Å²) >= 11 is 18.6. The molecule has 128 valence electrons. The van der Waals surface area contributed by atoms with E-state index in [2.05, 4.69) is 12.2 Å². The quantitative estimate of drug-likeness (QED) is 0.700. The Balaban J connectivity index is 2.06. The lowest BCUT2D eigenvalue weighted by atomic mass is 10.1. The Morgan fingerprint density at radius 2 is 1.54 bits per heavy atom. The van der Waals surface area contributed by atoms with Crippen LogP contribution in [0.1, 0.15) is 23.6 Å². The predicted octanol–water partition coefficient (Wildman–Crippen LogP) is 5.84. The molecule has 0 aliphatic rings. The molecule has 0 spiro atoms. The molecule has 0 saturated heterocycles. The van der Waals surface area contributed by atoms with Crippen molar-refractivity contribution in [1.29, 1.82) is 0 Å². The number of hydrogen-bond donors (Lipinski definition) is 1. The Bertz CT molecular complexity index is 729. The third-order valence-corrected chi connectivity index (χ3v) is 5.19. The van der Waals surface area contributed by atoms with E-state index in [9.17, 15) is 4.79 Å². The molecule has 0 heterocycles. The zero-order chi connectivity index (χ0) is 17.9. The number of nitrogens with one attached hydrogen (secondary N) is 1. The molecule has 0 aromatic heterocycles. The van der Waals surface area contributed by atoms with Crippen molar-refractivity contribution in [2.24, 2.45) is 0 Å².